The lowest BCUT2D eigenvalue weighted by atomic mass is 10.2. The lowest BCUT2D eigenvalue weighted by Gasteiger charge is -2.25. The smallest absolute Gasteiger partial charge is 0.317 e. The molecule has 0 bridgehead atoms. The van der Waals surface area contributed by atoms with Gasteiger partial charge in [-0.3, -0.25) is 0 Å². The summed E-state index contributed by atoms with van der Waals surface area (Å²) < 4.78 is 0. The third-order valence-corrected chi connectivity index (χ3v) is 3.37. The first-order chi connectivity index (χ1) is 7.50. The van der Waals surface area contributed by atoms with Crippen molar-refractivity contribution in [2.45, 2.75) is 39.3 Å². The van der Waals surface area contributed by atoms with Crippen LogP contribution in [0.5, 0.6) is 0 Å². The van der Waals surface area contributed by atoms with Crippen molar-refractivity contribution in [3.05, 3.63) is 22.4 Å². The van der Waals surface area contributed by atoms with Crippen LogP contribution < -0.4 is 5.32 Å². The molecule has 0 aliphatic rings. The monoisotopic (exact) mass is 240 g/mol. The predicted octanol–water partition coefficient (Wildman–Crippen LogP) is 2.73. The minimum absolute atomic E-state index is 0.000874. The first-order valence-corrected chi connectivity index (χ1v) is 6.44. The zero-order chi connectivity index (χ0) is 12.1. The third-order valence-electron chi connectivity index (χ3n) is 2.47. The van der Waals surface area contributed by atoms with E-state index in [-0.39, 0.29) is 18.1 Å². The Hall–Kier alpha value is -1.03. The van der Waals surface area contributed by atoms with Gasteiger partial charge < -0.3 is 10.2 Å². The van der Waals surface area contributed by atoms with Crippen molar-refractivity contribution in [1.29, 1.82) is 0 Å². The highest BCUT2D eigenvalue weighted by molar-refractivity contribution is 7.09. The summed E-state index contributed by atoms with van der Waals surface area (Å²) in [5, 5.41) is 4.96. The maximum absolute atomic E-state index is 11.7. The van der Waals surface area contributed by atoms with Crippen LogP contribution in [-0.2, 0) is 6.42 Å². The second kappa shape index (κ2) is 5.89. The first-order valence-electron chi connectivity index (χ1n) is 5.56. The van der Waals surface area contributed by atoms with Crippen molar-refractivity contribution in [3.63, 3.8) is 0 Å². The zero-order valence-corrected chi connectivity index (χ0v) is 11.2. The summed E-state index contributed by atoms with van der Waals surface area (Å²) in [5.41, 5.74) is 0. The fraction of sp³-hybridized carbons (Fsp3) is 0.583. The Morgan fingerprint density at radius 3 is 2.69 bits per heavy atom. The van der Waals surface area contributed by atoms with E-state index in [1.807, 2.05) is 27.0 Å². The van der Waals surface area contributed by atoms with Crippen LogP contribution in [0.2, 0.25) is 0 Å². The SMILES string of the molecule is CC(C)NC(=O)N(C)C(C)Cc1cccs1. The van der Waals surface area contributed by atoms with Gasteiger partial charge in [-0.1, -0.05) is 6.07 Å². The number of amides is 2. The number of urea groups is 1. The highest BCUT2D eigenvalue weighted by Gasteiger charge is 2.16. The van der Waals surface area contributed by atoms with Gasteiger partial charge in [-0.2, -0.15) is 0 Å². The number of rotatable bonds is 4. The summed E-state index contributed by atoms with van der Waals surface area (Å²) in [6.45, 7) is 6.00. The molecule has 1 rings (SSSR count). The van der Waals surface area contributed by atoms with Gasteiger partial charge in [0.25, 0.3) is 0 Å². The first kappa shape index (κ1) is 13.0. The number of hydrogen-bond acceptors (Lipinski definition) is 2. The molecule has 0 saturated carbocycles. The molecule has 90 valence electrons. The van der Waals surface area contributed by atoms with Crippen molar-refractivity contribution in [2.75, 3.05) is 7.05 Å². The van der Waals surface area contributed by atoms with Gasteiger partial charge in [-0.05, 0) is 32.2 Å². The van der Waals surface area contributed by atoms with E-state index in [9.17, 15) is 4.79 Å². The maximum atomic E-state index is 11.7. The molecule has 0 saturated heterocycles. The predicted molar refractivity (Wildman–Crippen MR) is 68.9 cm³/mol. The van der Waals surface area contributed by atoms with Crippen LogP contribution in [0.15, 0.2) is 17.5 Å². The zero-order valence-electron chi connectivity index (χ0n) is 10.4. The molecule has 0 radical (unpaired) electrons. The second-order valence-electron chi connectivity index (χ2n) is 4.35. The number of hydrogen-bond donors (Lipinski definition) is 1. The molecular formula is C12H20N2OS. The average molecular weight is 240 g/mol. The van der Waals surface area contributed by atoms with Gasteiger partial charge in [-0.25, -0.2) is 4.79 Å². The third kappa shape index (κ3) is 3.85. The Morgan fingerprint density at radius 1 is 1.50 bits per heavy atom. The van der Waals surface area contributed by atoms with Crippen LogP contribution in [0.4, 0.5) is 4.79 Å². The molecule has 3 nitrogen and oxygen atoms in total. The molecule has 0 spiro atoms. The molecule has 1 N–H and O–H groups in total. The summed E-state index contributed by atoms with van der Waals surface area (Å²) in [4.78, 5) is 14.8. The Bertz CT molecular complexity index is 322. The molecule has 0 fully saturated rings. The number of nitrogens with zero attached hydrogens (tertiary/aromatic N) is 1. The Labute approximate surface area is 101 Å². The van der Waals surface area contributed by atoms with Gasteiger partial charge in [0, 0.05) is 30.4 Å². The van der Waals surface area contributed by atoms with Crippen molar-refractivity contribution in [3.8, 4) is 0 Å². The van der Waals surface area contributed by atoms with E-state index < -0.39 is 0 Å². The molecule has 1 unspecified atom stereocenters. The molecule has 0 aliphatic heterocycles. The summed E-state index contributed by atoms with van der Waals surface area (Å²) in [6, 6.07) is 4.55. The number of likely N-dealkylation sites (N-methyl/N-ethyl adjacent to an activating group) is 1. The van der Waals surface area contributed by atoms with Crippen LogP contribution in [-0.4, -0.2) is 30.1 Å². The summed E-state index contributed by atoms with van der Waals surface area (Å²) >= 11 is 1.74. The Balaban J connectivity index is 2.47. The number of thiophene rings is 1. The molecule has 16 heavy (non-hydrogen) atoms. The van der Waals surface area contributed by atoms with E-state index in [1.54, 1.807) is 16.2 Å². The van der Waals surface area contributed by atoms with E-state index in [2.05, 4.69) is 23.7 Å². The van der Waals surface area contributed by atoms with Crippen LogP contribution in [0, 0.1) is 0 Å². The number of carbonyl (C=O) groups excluding carboxylic acids is 1. The van der Waals surface area contributed by atoms with Gasteiger partial charge in [0.15, 0.2) is 0 Å². The molecule has 0 aromatic carbocycles. The van der Waals surface area contributed by atoms with E-state index in [1.165, 1.54) is 4.88 Å². The van der Waals surface area contributed by atoms with Crippen LogP contribution in [0.1, 0.15) is 25.6 Å². The van der Waals surface area contributed by atoms with Crippen molar-refractivity contribution in [2.24, 2.45) is 0 Å². The minimum atomic E-state index is -0.000874. The van der Waals surface area contributed by atoms with Gasteiger partial charge in [-0.15, -0.1) is 11.3 Å². The van der Waals surface area contributed by atoms with Gasteiger partial charge >= 0.3 is 6.03 Å². The van der Waals surface area contributed by atoms with Gasteiger partial charge in [0.05, 0.1) is 0 Å². The van der Waals surface area contributed by atoms with Crippen LogP contribution in [0.3, 0.4) is 0 Å². The Kier molecular flexibility index (Phi) is 4.80. The lowest BCUT2D eigenvalue weighted by molar-refractivity contribution is 0.191. The van der Waals surface area contributed by atoms with Crippen molar-refractivity contribution >= 4 is 17.4 Å². The van der Waals surface area contributed by atoms with Gasteiger partial charge in [0.2, 0.25) is 0 Å². The fourth-order valence-electron chi connectivity index (χ4n) is 1.41. The second-order valence-corrected chi connectivity index (χ2v) is 5.38. The van der Waals surface area contributed by atoms with Crippen molar-refractivity contribution in [1.82, 2.24) is 10.2 Å². The van der Waals surface area contributed by atoms with E-state index in [0.29, 0.717) is 0 Å². The molecule has 4 heteroatoms. The largest absolute Gasteiger partial charge is 0.336 e. The molecule has 1 atom stereocenters. The lowest BCUT2D eigenvalue weighted by Crippen LogP contribution is -2.45. The van der Waals surface area contributed by atoms with E-state index >= 15 is 0 Å². The highest BCUT2D eigenvalue weighted by atomic mass is 32.1. The topological polar surface area (TPSA) is 32.3 Å². The quantitative estimate of drug-likeness (QED) is 0.862. The minimum Gasteiger partial charge on any atom is -0.336 e. The van der Waals surface area contributed by atoms with Crippen LogP contribution >= 0.6 is 11.3 Å². The summed E-state index contributed by atoms with van der Waals surface area (Å²) in [5.74, 6) is 0. The fourth-order valence-corrected chi connectivity index (χ4v) is 2.23. The summed E-state index contributed by atoms with van der Waals surface area (Å²) in [6.07, 6.45) is 0.916. The number of carbonyl (C=O) groups is 1. The summed E-state index contributed by atoms with van der Waals surface area (Å²) in [7, 11) is 1.84. The highest BCUT2D eigenvalue weighted by Crippen LogP contribution is 2.13. The van der Waals surface area contributed by atoms with Crippen molar-refractivity contribution < 1.29 is 4.79 Å². The normalized spacial score (nSPS) is 12.6. The molecule has 1 aromatic rings. The standard InChI is InChI=1S/C12H20N2OS/c1-9(2)13-12(15)14(4)10(3)8-11-6-5-7-16-11/h5-7,9-10H,8H2,1-4H3,(H,13,15). The molecule has 1 heterocycles. The number of nitrogens with one attached hydrogen (secondary N) is 1. The van der Waals surface area contributed by atoms with Crippen LogP contribution in [0.25, 0.3) is 0 Å². The van der Waals surface area contributed by atoms with Gasteiger partial charge in [0.1, 0.15) is 0 Å². The average Bonchev–Trinajstić information content (AvgIpc) is 2.68. The maximum Gasteiger partial charge on any atom is 0.317 e. The Morgan fingerprint density at radius 2 is 2.19 bits per heavy atom. The van der Waals surface area contributed by atoms with E-state index in [4.69, 9.17) is 0 Å². The molecule has 2 amide bonds. The van der Waals surface area contributed by atoms with E-state index in [0.717, 1.165) is 6.42 Å². The molecular weight excluding hydrogens is 220 g/mol. The molecule has 1 aromatic heterocycles. The molecule has 0 aliphatic carbocycles.